The number of piperazine rings is 1. The second-order valence-electron chi connectivity index (χ2n) is 7.85. The van der Waals surface area contributed by atoms with Crippen molar-refractivity contribution in [2.75, 3.05) is 19.6 Å². The lowest BCUT2D eigenvalue weighted by Crippen LogP contribution is -2.55. The smallest absolute Gasteiger partial charge is 0.270 e. The number of aryl methyl sites for hydroxylation is 2. The number of furan rings is 1. The first-order valence-corrected chi connectivity index (χ1v) is 10.3. The molecule has 2 aromatic heterocycles. The van der Waals surface area contributed by atoms with Crippen molar-refractivity contribution in [2.45, 2.75) is 32.9 Å². The zero-order chi connectivity index (χ0) is 21.3. The molecule has 1 aliphatic heterocycles. The van der Waals surface area contributed by atoms with Crippen LogP contribution in [0.3, 0.4) is 0 Å². The van der Waals surface area contributed by atoms with Crippen LogP contribution in [0.2, 0.25) is 0 Å². The van der Waals surface area contributed by atoms with Gasteiger partial charge in [0.1, 0.15) is 5.69 Å². The van der Waals surface area contributed by atoms with Crippen LogP contribution in [-0.2, 0) is 6.54 Å². The second kappa shape index (κ2) is 8.22. The lowest BCUT2D eigenvalue weighted by molar-refractivity contribution is 0.0409. The van der Waals surface area contributed by atoms with E-state index in [2.05, 4.69) is 6.58 Å². The van der Waals surface area contributed by atoms with Gasteiger partial charge in [0, 0.05) is 43.2 Å². The number of carbonyl (C=O) groups is 2. The van der Waals surface area contributed by atoms with Crippen molar-refractivity contribution in [3.8, 4) is 0 Å². The molecule has 156 valence electrons. The minimum Gasteiger partial charge on any atom is -0.448 e. The first-order chi connectivity index (χ1) is 14.5. The molecule has 1 aromatic carbocycles. The molecule has 0 unspecified atom stereocenters. The zero-order valence-corrected chi connectivity index (χ0v) is 17.5. The van der Waals surface area contributed by atoms with Crippen molar-refractivity contribution in [3.05, 3.63) is 72.1 Å². The van der Waals surface area contributed by atoms with E-state index >= 15 is 0 Å². The molecule has 1 atom stereocenters. The number of benzene rings is 1. The Labute approximate surface area is 176 Å². The van der Waals surface area contributed by atoms with Crippen LogP contribution in [0.4, 0.5) is 0 Å². The second-order valence-corrected chi connectivity index (χ2v) is 7.85. The van der Waals surface area contributed by atoms with Crippen LogP contribution in [0.1, 0.15) is 39.8 Å². The summed E-state index contributed by atoms with van der Waals surface area (Å²) in [5.74, 6) is -0.000117. The number of aromatic nitrogens is 1. The number of hydrogen-bond acceptors (Lipinski definition) is 3. The number of allylic oxidation sites excluding steroid dienone is 1. The van der Waals surface area contributed by atoms with Gasteiger partial charge in [-0.3, -0.25) is 9.59 Å². The normalized spacial score (nSPS) is 16.8. The fourth-order valence-electron chi connectivity index (χ4n) is 4.17. The Balaban J connectivity index is 1.52. The summed E-state index contributed by atoms with van der Waals surface area (Å²) in [5, 5.41) is 0.920. The van der Waals surface area contributed by atoms with E-state index in [9.17, 15) is 9.59 Å². The predicted octanol–water partition coefficient (Wildman–Crippen LogP) is 4.11. The van der Waals surface area contributed by atoms with Crippen LogP contribution < -0.4 is 0 Å². The average Bonchev–Trinajstić information content (AvgIpc) is 3.33. The van der Waals surface area contributed by atoms with E-state index in [0.29, 0.717) is 37.6 Å². The summed E-state index contributed by atoms with van der Waals surface area (Å²) in [6.07, 6.45) is 4.22. The number of rotatable bonds is 5. The van der Waals surface area contributed by atoms with Gasteiger partial charge in [-0.15, -0.1) is 6.58 Å². The molecule has 0 N–H and O–H groups in total. The number of carbonyl (C=O) groups excluding carboxylic acids is 2. The van der Waals surface area contributed by atoms with Gasteiger partial charge in [0.2, 0.25) is 5.71 Å². The highest BCUT2D eigenvalue weighted by molar-refractivity contribution is 5.98. The van der Waals surface area contributed by atoms with E-state index in [1.54, 1.807) is 6.26 Å². The number of nitrogens with zero attached hydrogens (tertiary/aromatic N) is 3. The van der Waals surface area contributed by atoms with Crippen LogP contribution in [-0.4, -0.2) is 51.9 Å². The maximum absolute atomic E-state index is 13.3. The Bertz CT molecular complexity index is 1090. The molecule has 0 bridgehead atoms. The molecule has 0 aliphatic carbocycles. The molecule has 4 rings (SSSR count). The van der Waals surface area contributed by atoms with Gasteiger partial charge in [0.05, 0.1) is 6.26 Å². The number of hydrogen-bond donors (Lipinski definition) is 0. The van der Waals surface area contributed by atoms with Gasteiger partial charge in [0.25, 0.3) is 11.8 Å². The van der Waals surface area contributed by atoms with E-state index in [1.807, 2.05) is 70.7 Å². The minimum absolute atomic E-state index is 0.0274. The molecule has 0 radical (unpaired) electrons. The van der Waals surface area contributed by atoms with Gasteiger partial charge < -0.3 is 18.8 Å². The summed E-state index contributed by atoms with van der Waals surface area (Å²) in [6.45, 7) is 9.90. The highest BCUT2D eigenvalue weighted by Gasteiger charge is 2.32. The van der Waals surface area contributed by atoms with E-state index < -0.39 is 0 Å². The summed E-state index contributed by atoms with van der Waals surface area (Å²) < 4.78 is 7.52. The lowest BCUT2D eigenvalue weighted by atomic mass is 10.1. The van der Waals surface area contributed by atoms with Crippen LogP contribution in [0.5, 0.6) is 0 Å². The molecule has 30 heavy (non-hydrogen) atoms. The van der Waals surface area contributed by atoms with Crippen molar-refractivity contribution >= 4 is 22.9 Å². The van der Waals surface area contributed by atoms with Crippen molar-refractivity contribution in [1.29, 1.82) is 0 Å². The van der Waals surface area contributed by atoms with Gasteiger partial charge in [-0.05, 0) is 44.0 Å². The van der Waals surface area contributed by atoms with Crippen molar-refractivity contribution in [2.24, 2.45) is 0 Å². The first-order valence-electron chi connectivity index (χ1n) is 10.3. The quantitative estimate of drug-likeness (QED) is 0.601. The monoisotopic (exact) mass is 405 g/mol. The van der Waals surface area contributed by atoms with Gasteiger partial charge >= 0.3 is 0 Å². The molecule has 3 heterocycles. The fourth-order valence-corrected chi connectivity index (χ4v) is 4.17. The standard InChI is InChI=1S/C24H27N3O3/c1-4-5-11-27-21(15-19-10-14-30-24(19)27)23(29)25-12-13-26(18(3)16-25)22(28)20-9-7-6-8-17(20)2/h4,6-10,14-15,18H,1,5,11-13,16H2,2-3H3/t18-/m0/s1. The molecule has 1 aliphatic rings. The fraction of sp³-hybridized carbons (Fsp3) is 0.333. The lowest BCUT2D eigenvalue weighted by Gasteiger charge is -2.40. The minimum atomic E-state index is -0.0608. The molecule has 1 saturated heterocycles. The van der Waals surface area contributed by atoms with Crippen molar-refractivity contribution in [3.63, 3.8) is 0 Å². The Hall–Kier alpha value is -3.28. The van der Waals surface area contributed by atoms with Crippen LogP contribution >= 0.6 is 0 Å². The maximum Gasteiger partial charge on any atom is 0.270 e. The third-order valence-corrected chi connectivity index (χ3v) is 5.83. The van der Waals surface area contributed by atoms with Gasteiger partial charge in [0.15, 0.2) is 0 Å². The van der Waals surface area contributed by atoms with Crippen molar-refractivity contribution in [1.82, 2.24) is 14.4 Å². The number of fused-ring (bicyclic) bond motifs is 1. The molecular formula is C24H27N3O3. The van der Waals surface area contributed by atoms with Gasteiger partial charge in [-0.1, -0.05) is 24.3 Å². The van der Waals surface area contributed by atoms with Crippen molar-refractivity contribution < 1.29 is 14.0 Å². The molecular weight excluding hydrogens is 378 g/mol. The highest BCUT2D eigenvalue weighted by atomic mass is 16.3. The molecule has 0 spiro atoms. The summed E-state index contributed by atoms with van der Waals surface area (Å²) in [7, 11) is 0. The molecule has 2 amide bonds. The third-order valence-electron chi connectivity index (χ3n) is 5.83. The molecule has 6 heteroatoms. The van der Waals surface area contributed by atoms with Gasteiger partial charge in [-0.2, -0.15) is 0 Å². The van der Waals surface area contributed by atoms with Gasteiger partial charge in [-0.25, -0.2) is 0 Å². The maximum atomic E-state index is 13.3. The molecule has 6 nitrogen and oxygen atoms in total. The summed E-state index contributed by atoms with van der Waals surface area (Å²) in [6, 6.07) is 11.3. The zero-order valence-electron chi connectivity index (χ0n) is 17.5. The Morgan fingerprint density at radius 3 is 2.73 bits per heavy atom. The highest BCUT2D eigenvalue weighted by Crippen LogP contribution is 2.24. The van der Waals surface area contributed by atoms with Crippen LogP contribution in [0.15, 0.2) is 59.7 Å². The van der Waals surface area contributed by atoms with E-state index in [0.717, 1.165) is 22.9 Å². The average molecular weight is 405 g/mol. The Morgan fingerprint density at radius 1 is 1.20 bits per heavy atom. The largest absolute Gasteiger partial charge is 0.448 e. The van der Waals surface area contributed by atoms with E-state index in [-0.39, 0.29) is 17.9 Å². The summed E-state index contributed by atoms with van der Waals surface area (Å²) in [5.41, 5.74) is 3.03. The Kier molecular flexibility index (Phi) is 5.48. The first kappa shape index (κ1) is 20.0. The van der Waals surface area contributed by atoms with Crippen LogP contribution in [0, 0.1) is 6.92 Å². The van der Waals surface area contributed by atoms with E-state index in [1.165, 1.54) is 0 Å². The molecule has 0 saturated carbocycles. The van der Waals surface area contributed by atoms with E-state index in [4.69, 9.17) is 4.42 Å². The van der Waals surface area contributed by atoms with Crippen LogP contribution in [0.25, 0.3) is 11.1 Å². The topological polar surface area (TPSA) is 58.7 Å². The summed E-state index contributed by atoms with van der Waals surface area (Å²) in [4.78, 5) is 30.1. The summed E-state index contributed by atoms with van der Waals surface area (Å²) >= 11 is 0. The molecule has 1 fully saturated rings. The Morgan fingerprint density at radius 2 is 2.00 bits per heavy atom. The SMILES string of the molecule is C=CCCn1c(C(=O)N2CCN(C(=O)c3ccccc3C)[C@@H](C)C2)cc2ccoc21. The predicted molar refractivity (Wildman–Crippen MR) is 117 cm³/mol. The third kappa shape index (κ3) is 3.54. The molecule has 3 aromatic rings. The number of amides is 2.